The van der Waals surface area contributed by atoms with E-state index in [1.807, 2.05) is 48.5 Å². The van der Waals surface area contributed by atoms with E-state index in [0.29, 0.717) is 17.0 Å². The van der Waals surface area contributed by atoms with Gasteiger partial charge in [-0.2, -0.15) is 0 Å². The van der Waals surface area contributed by atoms with Crippen LogP contribution in [0.3, 0.4) is 0 Å². The van der Waals surface area contributed by atoms with Crippen molar-refractivity contribution in [3.63, 3.8) is 0 Å². The number of hydrogen-bond donors (Lipinski definition) is 2. The molecule has 0 spiro atoms. The maximum Gasteiger partial charge on any atom is 0.257 e. The zero-order valence-corrected chi connectivity index (χ0v) is 18.2. The van der Waals surface area contributed by atoms with Crippen molar-refractivity contribution in [2.24, 2.45) is 0 Å². The number of carbonyl (C=O) groups is 1. The quantitative estimate of drug-likeness (QED) is 0.380. The fraction of sp³-hybridized carbons (Fsp3) is 0.0455. The molecule has 0 bridgehead atoms. The number of nitrogens with one attached hydrogen (secondary N) is 2. The predicted octanol–water partition coefficient (Wildman–Crippen LogP) is 5.39. The molecule has 0 saturated heterocycles. The second kappa shape index (κ2) is 8.64. The summed E-state index contributed by atoms with van der Waals surface area (Å²) in [6.45, 7) is 0. The number of rotatable bonds is 4. The molecule has 0 radical (unpaired) electrons. The Kier molecular flexibility index (Phi) is 5.78. The Bertz CT molecular complexity index is 1240. The van der Waals surface area contributed by atoms with Crippen LogP contribution >= 0.6 is 28.1 Å². The molecule has 0 atom stereocenters. The molecule has 1 heterocycles. The molecule has 2 N–H and O–H groups in total. The summed E-state index contributed by atoms with van der Waals surface area (Å²) in [6, 6.07) is 20.0. The van der Waals surface area contributed by atoms with Crippen LogP contribution in [0.5, 0.6) is 5.75 Å². The van der Waals surface area contributed by atoms with Gasteiger partial charge in [0.25, 0.3) is 5.91 Å². The fourth-order valence-electron chi connectivity index (χ4n) is 2.82. The molecule has 0 unspecified atom stereocenters. The average Bonchev–Trinajstić information content (AvgIpc) is 3.17. The van der Waals surface area contributed by atoms with Crippen LogP contribution in [0.25, 0.3) is 22.6 Å². The van der Waals surface area contributed by atoms with E-state index in [9.17, 15) is 4.79 Å². The Hall–Kier alpha value is -3.23. The van der Waals surface area contributed by atoms with Crippen LogP contribution < -0.4 is 15.4 Å². The van der Waals surface area contributed by atoms with Gasteiger partial charge in [-0.3, -0.25) is 10.1 Å². The predicted molar refractivity (Wildman–Crippen MR) is 124 cm³/mol. The SMILES string of the molecule is COc1ccc2oc(-c3ccc(NC(=S)NC(=O)c4cccc(Br)c4)cc3)nc2c1. The molecule has 30 heavy (non-hydrogen) atoms. The summed E-state index contributed by atoms with van der Waals surface area (Å²) in [6.07, 6.45) is 0. The Labute approximate surface area is 186 Å². The van der Waals surface area contributed by atoms with Crippen LogP contribution in [-0.4, -0.2) is 23.1 Å². The first kappa shape index (κ1) is 20.1. The molecule has 4 aromatic rings. The standard InChI is InChI=1S/C22H16BrN3O3S/c1-28-17-9-10-19-18(12-17)25-21(29-19)13-5-7-16(8-6-13)24-22(30)26-20(27)14-3-2-4-15(23)11-14/h2-12H,1H3,(H2,24,26,27,30). The monoisotopic (exact) mass is 481 g/mol. The van der Waals surface area contributed by atoms with Crippen molar-refractivity contribution in [3.05, 3.63) is 76.8 Å². The van der Waals surface area contributed by atoms with Gasteiger partial charge in [-0.25, -0.2) is 4.98 Å². The first-order chi connectivity index (χ1) is 14.5. The van der Waals surface area contributed by atoms with Crippen LogP contribution in [0.4, 0.5) is 5.69 Å². The lowest BCUT2D eigenvalue weighted by molar-refractivity contribution is 0.0977. The molecule has 4 rings (SSSR count). The number of ether oxygens (including phenoxy) is 1. The number of hydrogen-bond acceptors (Lipinski definition) is 5. The highest BCUT2D eigenvalue weighted by molar-refractivity contribution is 9.10. The molecular weight excluding hydrogens is 466 g/mol. The summed E-state index contributed by atoms with van der Waals surface area (Å²) in [7, 11) is 1.61. The number of halogens is 1. The van der Waals surface area contributed by atoms with Crippen molar-refractivity contribution in [2.45, 2.75) is 0 Å². The largest absolute Gasteiger partial charge is 0.497 e. The molecule has 0 aliphatic heterocycles. The summed E-state index contributed by atoms with van der Waals surface area (Å²) in [5, 5.41) is 5.87. The minimum atomic E-state index is -0.285. The molecule has 1 amide bonds. The van der Waals surface area contributed by atoms with Gasteiger partial charge < -0.3 is 14.5 Å². The van der Waals surface area contributed by atoms with Crippen LogP contribution in [0, 0.1) is 0 Å². The summed E-state index contributed by atoms with van der Waals surface area (Å²) in [4.78, 5) is 16.8. The third kappa shape index (κ3) is 4.50. The van der Waals surface area contributed by atoms with E-state index in [1.54, 1.807) is 25.3 Å². The molecule has 0 fully saturated rings. The third-order valence-corrected chi connectivity index (χ3v) is 5.00. The fourth-order valence-corrected chi connectivity index (χ4v) is 3.43. The van der Waals surface area contributed by atoms with E-state index in [4.69, 9.17) is 21.4 Å². The summed E-state index contributed by atoms with van der Waals surface area (Å²) >= 11 is 8.59. The zero-order valence-electron chi connectivity index (χ0n) is 15.8. The van der Waals surface area contributed by atoms with Gasteiger partial charge in [0.1, 0.15) is 11.3 Å². The molecule has 0 aliphatic rings. The van der Waals surface area contributed by atoms with Crippen LogP contribution in [0.15, 0.2) is 75.6 Å². The van der Waals surface area contributed by atoms with Gasteiger partial charge in [0.15, 0.2) is 10.7 Å². The molecule has 3 aromatic carbocycles. The topological polar surface area (TPSA) is 76.4 Å². The summed E-state index contributed by atoms with van der Waals surface area (Å²) < 4.78 is 11.9. The molecule has 6 nitrogen and oxygen atoms in total. The molecule has 0 aliphatic carbocycles. The first-order valence-corrected chi connectivity index (χ1v) is 10.1. The molecule has 8 heteroatoms. The highest BCUT2D eigenvalue weighted by Gasteiger charge is 2.11. The van der Waals surface area contributed by atoms with E-state index in [1.165, 1.54) is 0 Å². The maximum absolute atomic E-state index is 12.3. The smallest absolute Gasteiger partial charge is 0.257 e. The van der Waals surface area contributed by atoms with Gasteiger partial charge in [0.2, 0.25) is 5.89 Å². The Morgan fingerprint density at radius 1 is 1.10 bits per heavy atom. The van der Waals surface area contributed by atoms with Gasteiger partial charge in [-0.15, -0.1) is 0 Å². The molecule has 1 aromatic heterocycles. The Morgan fingerprint density at radius 3 is 2.63 bits per heavy atom. The highest BCUT2D eigenvalue weighted by Crippen LogP contribution is 2.27. The first-order valence-electron chi connectivity index (χ1n) is 8.95. The van der Waals surface area contributed by atoms with E-state index in [0.717, 1.165) is 27.0 Å². The lowest BCUT2D eigenvalue weighted by Gasteiger charge is -2.10. The van der Waals surface area contributed by atoms with Gasteiger partial charge in [-0.05, 0) is 66.8 Å². The maximum atomic E-state index is 12.3. The second-order valence-corrected chi connectivity index (χ2v) is 7.67. The summed E-state index contributed by atoms with van der Waals surface area (Å²) in [5.74, 6) is 0.947. The molecule has 0 saturated carbocycles. The number of thiocarbonyl (C=S) groups is 1. The second-order valence-electron chi connectivity index (χ2n) is 6.35. The van der Waals surface area contributed by atoms with Crippen molar-refractivity contribution < 1.29 is 13.9 Å². The van der Waals surface area contributed by atoms with Gasteiger partial charge in [0.05, 0.1) is 7.11 Å². The number of carbonyl (C=O) groups excluding carboxylic acids is 1. The number of benzene rings is 3. The highest BCUT2D eigenvalue weighted by atomic mass is 79.9. The van der Waals surface area contributed by atoms with E-state index >= 15 is 0 Å². The van der Waals surface area contributed by atoms with Gasteiger partial charge in [0, 0.05) is 27.4 Å². The normalized spacial score (nSPS) is 10.6. The number of anilines is 1. The Morgan fingerprint density at radius 2 is 1.90 bits per heavy atom. The van der Waals surface area contributed by atoms with Crippen molar-refractivity contribution in [2.75, 3.05) is 12.4 Å². The van der Waals surface area contributed by atoms with Gasteiger partial charge in [-0.1, -0.05) is 22.0 Å². The zero-order chi connectivity index (χ0) is 21.1. The van der Waals surface area contributed by atoms with E-state index in [2.05, 4.69) is 31.5 Å². The lowest BCUT2D eigenvalue weighted by Crippen LogP contribution is -2.34. The average molecular weight is 482 g/mol. The number of nitrogens with zero attached hydrogens (tertiary/aromatic N) is 1. The van der Waals surface area contributed by atoms with Crippen molar-refractivity contribution in [1.82, 2.24) is 10.3 Å². The lowest BCUT2D eigenvalue weighted by atomic mass is 10.2. The summed E-state index contributed by atoms with van der Waals surface area (Å²) in [5.41, 5.74) is 3.47. The Balaban J connectivity index is 1.43. The number of aromatic nitrogens is 1. The van der Waals surface area contributed by atoms with E-state index in [-0.39, 0.29) is 11.0 Å². The number of fused-ring (bicyclic) bond motifs is 1. The number of methoxy groups -OCH3 is 1. The van der Waals surface area contributed by atoms with Gasteiger partial charge >= 0.3 is 0 Å². The van der Waals surface area contributed by atoms with Crippen LogP contribution in [0.2, 0.25) is 0 Å². The molecular formula is C22H16BrN3O3S. The minimum absolute atomic E-state index is 0.210. The van der Waals surface area contributed by atoms with E-state index < -0.39 is 0 Å². The van der Waals surface area contributed by atoms with Crippen molar-refractivity contribution in [3.8, 4) is 17.2 Å². The van der Waals surface area contributed by atoms with Crippen LogP contribution in [-0.2, 0) is 0 Å². The molecule has 150 valence electrons. The van der Waals surface area contributed by atoms with Crippen molar-refractivity contribution >= 4 is 56.0 Å². The van der Waals surface area contributed by atoms with Crippen molar-refractivity contribution in [1.29, 1.82) is 0 Å². The van der Waals surface area contributed by atoms with Crippen LogP contribution in [0.1, 0.15) is 10.4 Å². The number of amides is 1. The minimum Gasteiger partial charge on any atom is -0.497 e. The number of oxazole rings is 1. The third-order valence-electron chi connectivity index (χ3n) is 4.30.